The van der Waals surface area contributed by atoms with Gasteiger partial charge in [0.2, 0.25) is 0 Å². The molecular weight excluding hydrogens is 719 g/mol. The van der Waals surface area contributed by atoms with Gasteiger partial charge in [0.25, 0.3) is 0 Å². The molecule has 0 heterocycles. The average molecular weight is 771 g/mol. The number of ether oxygens (including phenoxy) is 1. The Kier molecular flexibility index (Phi) is 9.43. The van der Waals surface area contributed by atoms with Gasteiger partial charge in [-0.15, -0.1) is 0 Å². The normalized spacial score (nSPS) is 17.8. The van der Waals surface area contributed by atoms with Crippen LogP contribution in [0, 0.1) is 0 Å². The fourth-order valence-electron chi connectivity index (χ4n) is 7.99. The van der Waals surface area contributed by atoms with Gasteiger partial charge in [-0.05, 0) is 0 Å². The standard InChI is InChI=1S/C25H31O.C20H21.2ClH.Zr/c1-16-13-18-15-21(25(5,6)7)23(26-8)22(20(18)14-16)17-9-11-19(12-10-17)24(2,3)4;1-14-12-16-6-5-7-18(19(16)13-14)15-8-10-17(11-9-15)20(2,3)4;;;/h9-15H,1-8H3;5-13H,1-4H3;2*1H;/q;;;;+2/p-2. The molecule has 0 saturated carbocycles. The zero-order valence-electron chi connectivity index (χ0n) is 31.4. The van der Waals surface area contributed by atoms with E-state index < -0.39 is 17.9 Å². The molecule has 49 heavy (non-hydrogen) atoms. The van der Waals surface area contributed by atoms with Crippen molar-refractivity contribution in [2.45, 2.75) is 99.7 Å². The van der Waals surface area contributed by atoms with Crippen molar-refractivity contribution in [2.75, 3.05) is 7.11 Å². The summed E-state index contributed by atoms with van der Waals surface area (Å²) in [5, 5.41) is 0. The third-order valence-electron chi connectivity index (χ3n) is 10.7. The number of hydrogen-bond acceptors (Lipinski definition) is 1. The van der Waals surface area contributed by atoms with E-state index in [1.165, 1.54) is 61.2 Å². The molecule has 4 aromatic carbocycles. The average Bonchev–Trinajstić information content (AvgIpc) is 3.54. The molecule has 0 aliphatic heterocycles. The molecule has 2 atom stereocenters. The van der Waals surface area contributed by atoms with Crippen LogP contribution in [0.25, 0.3) is 34.4 Å². The summed E-state index contributed by atoms with van der Waals surface area (Å²) in [6.45, 7) is 24.8. The first-order chi connectivity index (χ1) is 22.7. The number of halogens is 2. The van der Waals surface area contributed by atoms with E-state index in [-0.39, 0.29) is 23.5 Å². The van der Waals surface area contributed by atoms with Crippen LogP contribution in [-0.2, 0) is 34.1 Å². The summed E-state index contributed by atoms with van der Waals surface area (Å²) in [5.41, 5.74) is 16.2. The quantitative estimate of drug-likeness (QED) is 0.196. The topological polar surface area (TPSA) is 9.23 Å². The summed E-state index contributed by atoms with van der Waals surface area (Å²) in [5.74, 6) is 0.939. The molecule has 256 valence electrons. The van der Waals surface area contributed by atoms with Crippen molar-refractivity contribution in [3.8, 4) is 28.0 Å². The van der Waals surface area contributed by atoms with Crippen molar-refractivity contribution in [3.05, 3.63) is 123 Å². The second kappa shape index (κ2) is 12.7. The van der Waals surface area contributed by atoms with E-state index in [4.69, 9.17) is 21.8 Å². The molecule has 0 saturated heterocycles. The van der Waals surface area contributed by atoms with E-state index in [2.05, 4.69) is 161 Å². The van der Waals surface area contributed by atoms with Crippen molar-refractivity contribution >= 4 is 29.2 Å². The molecule has 0 amide bonds. The zero-order valence-corrected chi connectivity index (χ0v) is 35.4. The van der Waals surface area contributed by atoms with Crippen LogP contribution >= 0.6 is 17.0 Å². The van der Waals surface area contributed by atoms with Gasteiger partial charge in [0.15, 0.2) is 0 Å². The molecule has 6 rings (SSSR count). The Morgan fingerprint density at radius 2 is 1.08 bits per heavy atom. The Hall–Kier alpha value is -2.38. The van der Waals surface area contributed by atoms with Crippen molar-refractivity contribution in [3.63, 3.8) is 0 Å². The first-order valence-corrected chi connectivity index (χ1v) is 26.8. The predicted molar refractivity (Wildman–Crippen MR) is 211 cm³/mol. The van der Waals surface area contributed by atoms with E-state index >= 15 is 0 Å². The molecule has 2 aliphatic rings. The van der Waals surface area contributed by atoms with Crippen LogP contribution in [0.3, 0.4) is 0 Å². The molecule has 0 aromatic heterocycles. The number of hydrogen-bond donors (Lipinski definition) is 0. The van der Waals surface area contributed by atoms with E-state index in [1.807, 2.05) is 0 Å². The summed E-state index contributed by atoms with van der Waals surface area (Å²) >= 11 is -4.14. The van der Waals surface area contributed by atoms with Gasteiger partial charge < -0.3 is 0 Å². The van der Waals surface area contributed by atoms with Gasteiger partial charge in [-0.1, -0.05) is 0 Å². The van der Waals surface area contributed by atoms with Crippen molar-refractivity contribution in [1.82, 2.24) is 0 Å². The van der Waals surface area contributed by atoms with Crippen molar-refractivity contribution in [2.24, 2.45) is 0 Å². The van der Waals surface area contributed by atoms with Crippen molar-refractivity contribution in [1.29, 1.82) is 0 Å². The van der Waals surface area contributed by atoms with Crippen LogP contribution in [0.15, 0.2) is 83.9 Å². The molecular formula is C45H52Cl2OZr. The first-order valence-electron chi connectivity index (χ1n) is 17.6. The second-order valence-electron chi connectivity index (χ2n) is 17.4. The Labute approximate surface area is 307 Å². The molecule has 0 spiro atoms. The number of rotatable bonds is 5. The van der Waals surface area contributed by atoms with Gasteiger partial charge in [-0.2, -0.15) is 0 Å². The number of methoxy groups -OCH3 is 1. The molecule has 1 nitrogen and oxygen atoms in total. The van der Waals surface area contributed by atoms with Crippen LogP contribution in [-0.4, -0.2) is 7.11 Å². The summed E-state index contributed by atoms with van der Waals surface area (Å²) in [6, 6.07) is 27.2. The summed E-state index contributed by atoms with van der Waals surface area (Å²) in [6.07, 6.45) is 4.70. The van der Waals surface area contributed by atoms with Gasteiger partial charge in [0, 0.05) is 0 Å². The van der Waals surface area contributed by atoms with Gasteiger partial charge in [0.1, 0.15) is 0 Å². The van der Waals surface area contributed by atoms with E-state index in [9.17, 15) is 0 Å². The Balaban J connectivity index is 1.49. The second-order valence-corrected chi connectivity index (χ2v) is 32.1. The minimum absolute atomic E-state index is 0.00117. The van der Waals surface area contributed by atoms with Crippen LogP contribution in [0.5, 0.6) is 5.75 Å². The number of allylic oxidation sites excluding steroid dienone is 2. The van der Waals surface area contributed by atoms with E-state index in [0.717, 1.165) is 16.9 Å². The molecule has 2 unspecified atom stereocenters. The predicted octanol–water partition coefficient (Wildman–Crippen LogP) is 14.0. The minimum atomic E-state index is -4.14. The van der Waals surface area contributed by atoms with E-state index in [1.54, 1.807) is 7.11 Å². The third-order valence-corrected chi connectivity index (χ3v) is 23.4. The molecule has 0 radical (unpaired) electrons. The SMILES string of the molecule is COc1c(C(C)(C)C)cc2c(c1-c1ccc(C(C)(C)C)cc1)C=C(C)[CH]2[Zr]([Cl])([Cl])[CH]1C(C)=Cc2c(-c3ccc(C(C)(C)C)cc3)cccc21. The summed E-state index contributed by atoms with van der Waals surface area (Å²) in [4.78, 5) is 0. The molecule has 0 bridgehead atoms. The van der Waals surface area contributed by atoms with Crippen LogP contribution in [0.2, 0.25) is 0 Å². The summed E-state index contributed by atoms with van der Waals surface area (Å²) < 4.78 is 6.33. The summed E-state index contributed by atoms with van der Waals surface area (Å²) in [7, 11) is 17.9. The van der Waals surface area contributed by atoms with Crippen LogP contribution in [0.1, 0.15) is 122 Å². The maximum atomic E-state index is 8.04. The Morgan fingerprint density at radius 3 is 1.57 bits per heavy atom. The molecule has 0 N–H and O–H groups in total. The number of fused-ring (bicyclic) bond motifs is 2. The third kappa shape index (κ3) is 6.49. The van der Waals surface area contributed by atoms with Crippen LogP contribution < -0.4 is 4.74 Å². The molecule has 0 fully saturated rings. The molecule has 4 heteroatoms. The molecule has 4 aromatic rings. The van der Waals surface area contributed by atoms with Gasteiger partial charge in [-0.25, -0.2) is 0 Å². The Bertz CT molecular complexity index is 1970. The maximum absolute atomic E-state index is 8.04. The van der Waals surface area contributed by atoms with E-state index in [0.29, 0.717) is 0 Å². The van der Waals surface area contributed by atoms with Gasteiger partial charge >= 0.3 is 309 Å². The zero-order chi connectivity index (χ0) is 35.8. The first kappa shape index (κ1) is 36.4. The Morgan fingerprint density at radius 1 is 0.592 bits per heavy atom. The monoisotopic (exact) mass is 768 g/mol. The molecule has 2 aliphatic carbocycles. The fraction of sp³-hybridized carbons (Fsp3) is 0.378. The number of benzene rings is 4. The van der Waals surface area contributed by atoms with Gasteiger partial charge in [-0.3, -0.25) is 0 Å². The van der Waals surface area contributed by atoms with Crippen LogP contribution in [0.4, 0.5) is 0 Å². The van der Waals surface area contributed by atoms with Gasteiger partial charge in [0.05, 0.1) is 0 Å². The fourth-order valence-corrected chi connectivity index (χ4v) is 22.3. The van der Waals surface area contributed by atoms with Crippen molar-refractivity contribution < 1.29 is 22.6 Å².